The van der Waals surface area contributed by atoms with Gasteiger partial charge in [0.25, 0.3) is 0 Å². The molecule has 0 unspecified atom stereocenters. The van der Waals surface area contributed by atoms with E-state index in [1.165, 1.54) is 327 Å². The molecular formula is C125H117N. The maximum Gasteiger partial charge on any atom is 0.0346 e. The van der Waals surface area contributed by atoms with E-state index in [4.69, 9.17) is 0 Å². The fourth-order valence-corrected chi connectivity index (χ4v) is 22.0. The first-order valence-corrected chi connectivity index (χ1v) is 47.5. The lowest BCUT2D eigenvalue weighted by molar-refractivity contribution is 0.443. The molecule has 0 radical (unpaired) electrons. The van der Waals surface area contributed by atoms with E-state index < -0.39 is 0 Å². The Morgan fingerprint density at radius 3 is 0.738 bits per heavy atom. The molecule has 18 aromatic rings. The summed E-state index contributed by atoms with van der Waals surface area (Å²) in [6.07, 6.45) is 31.1. The van der Waals surface area contributed by atoms with Crippen LogP contribution in [0.1, 0.15) is 212 Å². The summed E-state index contributed by atoms with van der Waals surface area (Å²) < 4.78 is 0. The van der Waals surface area contributed by atoms with Crippen LogP contribution in [0.25, 0.3) is 165 Å². The predicted molar refractivity (Wildman–Crippen MR) is 543 cm³/mol. The summed E-state index contributed by atoms with van der Waals surface area (Å²) in [6, 6.07) is 129. The van der Waals surface area contributed by atoms with E-state index in [-0.39, 0.29) is 5.41 Å². The van der Waals surface area contributed by atoms with Crippen molar-refractivity contribution in [2.75, 3.05) is 0 Å². The van der Waals surface area contributed by atoms with Gasteiger partial charge in [-0.15, -0.1) is 0 Å². The van der Waals surface area contributed by atoms with Crippen LogP contribution in [-0.2, 0) is 5.41 Å². The first-order chi connectivity index (χ1) is 61.9. The molecule has 4 fully saturated rings. The molecule has 0 spiro atoms. The van der Waals surface area contributed by atoms with Crippen molar-refractivity contribution in [2.24, 2.45) is 0 Å². The second-order valence-electron chi connectivity index (χ2n) is 38.4. The largest absolute Gasteiger partial charge is 0.264 e. The molecule has 0 bridgehead atoms. The van der Waals surface area contributed by atoms with E-state index in [0.717, 1.165) is 29.2 Å². The number of aromatic nitrogens is 1. The SMILES string of the molecule is CC(C)(C)c1ccc(-c2c3ccc(-c4ccc(C5CCCCC5)cc4)cc3cc3cc(-c4ccc(C5CCCCC5)cc4)ccc23)cc1.Cc1cc(C)cc(-c2c3ccc(-c4ccc(C5CCCCC5)cc4)cc3cc3cc(-c4ccc(C5CCCCC5)cc4)ccc23)c1.c1ccc(-c2ccc3c(-c4ccccc4)c4ccc(-c5cccnc5)cc4cc3c2)cc1. The number of hydrogen-bond donors (Lipinski definition) is 0. The molecule has 22 rings (SSSR count). The second-order valence-corrected chi connectivity index (χ2v) is 38.4. The van der Waals surface area contributed by atoms with Gasteiger partial charge in [0.1, 0.15) is 0 Å². The highest BCUT2D eigenvalue weighted by atomic mass is 14.6. The van der Waals surface area contributed by atoms with Crippen LogP contribution in [0.2, 0.25) is 0 Å². The topological polar surface area (TPSA) is 12.9 Å². The van der Waals surface area contributed by atoms with Crippen LogP contribution in [0.4, 0.5) is 0 Å². The number of nitrogens with zero attached hydrogens (tertiary/aromatic N) is 1. The number of aryl methyl sites for hydroxylation is 2. The van der Waals surface area contributed by atoms with Crippen molar-refractivity contribution >= 4 is 64.6 Å². The highest BCUT2D eigenvalue weighted by Crippen LogP contribution is 2.47. The summed E-state index contributed by atoms with van der Waals surface area (Å²) in [5.74, 6) is 2.95. The van der Waals surface area contributed by atoms with Crippen LogP contribution in [0.15, 0.2) is 352 Å². The van der Waals surface area contributed by atoms with Gasteiger partial charge in [-0.05, 0) is 342 Å². The first-order valence-electron chi connectivity index (χ1n) is 47.5. The molecule has 0 N–H and O–H groups in total. The maximum absolute atomic E-state index is 4.30. The summed E-state index contributed by atoms with van der Waals surface area (Å²) in [6.45, 7) is 11.3. The molecule has 0 atom stereocenters. The quantitative estimate of drug-likeness (QED) is 0.105. The van der Waals surface area contributed by atoms with E-state index in [1.54, 1.807) is 0 Å². The molecule has 0 amide bonds. The monoisotopic (exact) mass is 1630 g/mol. The van der Waals surface area contributed by atoms with Crippen LogP contribution >= 0.6 is 0 Å². The second kappa shape index (κ2) is 36.6. The average molecular weight is 1630 g/mol. The van der Waals surface area contributed by atoms with E-state index in [0.29, 0.717) is 0 Å². The predicted octanol–water partition coefficient (Wildman–Crippen LogP) is 36.5. The molecule has 1 heteroatoms. The van der Waals surface area contributed by atoms with E-state index in [2.05, 4.69) is 373 Å². The molecular weight excluding hydrogens is 1520 g/mol. The number of pyridine rings is 1. The average Bonchev–Trinajstić information content (AvgIpc) is 0.765. The smallest absolute Gasteiger partial charge is 0.0346 e. The minimum Gasteiger partial charge on any atom is -0.264 e. The first kappa shape index (κ1) is 81.8. The summed E-state index contributed by atoms with van der Waals surface area (Å²) in [7, 11) is 0. The van der Waals surface area contributed by atoms with Crippen LogP contribution in [0, 0.1) is 13.8 Å². The summed E-state index contributed by atoms with van der Waals surface area (Å²) >= 11 is 0. The lowest BCUT2D eigenvalue weighted by Crippen LogP contribution is -2.10. The Kier molecular flexibility index (Phi) is 23.7. The zero-order chi connectivity index (χ0) is 85.0. The van der Waals surface area contributed by atoms with Gasteiger partial charge in [-0.2, -0.15) is 0 Å². The van der Waals surface area contributed by atoms with Gasteiger partial charge in [0.05, 0.1) is 0 Å². The van der Waals surface area contributed by atoms with E-state index in [1.807, 2.05) is 18.5 Å². The zero-order valence-corrected chi connectivity index (χ0v) is 74.4. The molecule has 126 heavy (non-hydrogen) atoms. The lowest BCUT2D eigenvalue weighted by Gasteiger charge is -2.22. The Morgan fingerprint density at radius 2 is 0.452 bits per heavy atom. The molecule has 17 aromatic carbocycles. The number of benzene rings is 17. The summed E-state index contributed by atoms with van der Waals surface area (Å²) in [4.78, 5) is 4.30. The minimum absolute atomic E-state index is 0.127. The Morgan fingerprint density at radius 1 is 0.206 bits per heavy atom. The Bertz CT molecular complexity index is 6530. The fraction of sp³-hybridized carbons (Fsp3) is 0.240. The minimum atomic E-state index is 0.127. The third-order valence-electron chi connectivity index (χ3n) is 28.9. The highest BCUT2D eigenvalue weighted by Gasteiger charge is 2.24. The lowest BCUT2D eigenvalue weighted by atomic mass is 9.83. The van der Waals surface area contributed by atoms with E-state index >= 15 is 0 Å². The molecule has 1 aromatic heterocycles. The van der Waals surface area contributed by atoms with Gasteiger partial charge in [-0.1, -0.05) is 388 Å². The van der Waals surface area contributed by atoms with Gasteiger partial charge >= 0.3 is 0 Å². The van der Waals surface area contributed by atoms with Gasteiger partial charge in [0.15, 0.2) is 0 Å². The summed E-state index contributed by atoms with van der Waals surface area (Å²) in [5.41, 5.74) is 33.2. The molecule has 1 heterocycles. The zero-order valence-electron chi connectivity index (χ0n) is 74.4. The third-order valence-corrected chi connectivity index (χ3v) is 28.9. The number of hydrogen-bond acceptors (Lipinski definition) is 1. The molecule has 622 valence electrons. The molecule has 4 aliphatic carbocycles. The van der Waals surface area contributed by atoms with Crippen LogP contribution in [0.3, 0.4) is 0 Å². The molecule has 4 saturated carbocycles. The standard InChI is InChI=1S/C48H50.C46H46.C31H21N/c1-48(2,3)44-26-22-39(23-27-44)47-45-28-24-40(37-18-14-35(15-19-37)33-10-6-4-7-11-33)30-42(45)32-43-31-41(25-29-46(43)47)38-20-16-36(17-21-38)34-12-8-5-9-13-34;1-31-25-32(2)27-43(26-31)46-44-23-21-39(37-17-13-35(14-18-37)33-9-5-3-6-10-33)28-41(44)30-42-29-40(22-24-45(42)46)38-19-15-36(16-20-38)34-11-7-4-8-12-34;1-3-8-22(9-4-1)24-13-15-29-27(18-24)20-28-19-25(26-12-7-17-32-21-26)14-16-30(28)31(29)23-10-5-2-6-11-23/h14-34H,4-13H2,1-3H3;13-30,33-34H,3-12H2,1-2H3;1-21H. The maximum atomic E-state index is 4.30. The summed E-state index contributed by atoms with van der Waals surface area (Å²) in [5, 5.41) is 15.5. The van der Waals surface area contributed by atoms with E-state index in [9.17, 15) is 0 Å². The van der Waals surface area contributed by atoms with Crippen molar-refractivity contribution in [3.8, 4) is 100 Å². The van der Waals surface area contributed by atoms with Gasteiger partial charge in [0.2, 0.25) is 0 Å². The molecule has 4 aliphatic rings. The molecule has 0 saturated heterocycles. The van der Waals surface area contributed by atoms with Crippen molar-refractivity contribution in [1.82, 2.24) is 4.98 Å². The molecule has 0 aliphatic heterocycles. The van der Waals surface area contributed by atoms with Crippen molar-refractivity contribution < 1.29 is 0 Å². The Balaban J connectivity index is 0.000000122. The fourth-order valence-electron chi connectivity index (χ4n) is 22.0. The third kappa shape index (κ3) is 17.7. The Hall–Kier alpha value is -12.6. The normalized spacial score (nSPS) is 15.1. The van der Waals surface area contributed by atoms with Crippen molar-refractivity contribution in [1.29, 1.82) is 0 Å². The van der Waals surface area contributed by atoms with Gasteiger partial charge in [0, 0.05) is 18.0 Å². The van der Waals surface area contributed by atoms with Crippen molar-refractivity contribution in [3.63, 3.8) is 0 Å². The number of fused-ring (bicyclic) bond motifs is 6. The van der Waals surface area contributed by atoms with Gasteiger partial charge in [-0.25, -0.2) is 0 Å². The van der Waals surface area contributed by atoms with Crippen LogP contribution < -0.4 is 0 Å². The van der Waals surface area contributed by atoms with Gasteiger partial charge in [-0.3, -0.25) is 4.98 Å². The number of rotatable bonds is 13. The molecule has 1 nitrogen and oxygen atoms in total. The highest BCUT2D eigenvalue weighted by molar-refractivity contribution is 6.17. The van der Waals surface area contributed by atoms with Crippen molar-refractivity contribution in [3.05, 3.63) is 391 Å². The van der Waals surface area contributed by atoms with Crippen LogP contribution in [-0.4, -0.2) is 4.98 Å². The Labute approximate surface area is 747 Å². The van der Waals surface area contributed by atoms with Crippen molar-refractivity contribution in [2.45, 2.75) is 192 Å². The van der Waals surface area contributed by atoms with Crippen LogP contribution in [0.5, 0.6) is 0 Å². The van der Waals surface area contributed by atoms with Gasteiger partial charge < -0.3 is 0 Å².